The molecule has 3 aromatic heterocycles. The summed E-state index contributed by atoms with van der Waals surface area (Å²) < 4.78 is 54.3. The van der Waals surface area contributed by atoms with Crippen LogP contribution < -0.4 is 14.2 Å². The van der Waals surface area contributed by atoms with Gasteiger partial charge in [0.2, 0.25) is 16.0 Å². The predicted octanol–water partition coefficient (Wildman–Crippen LogP) is 1.98. The number of methoxy groups -OCH3 is 2. The van der Waals surface area contributed by atoms with Gasteiger partial charge in [-0.3, -0.25) is 14.4 Å². The largest absolute Gasteiger partial charge is 0.494 e. The van der Waals surface area contributed by atoms with E-state index in [1.807, 2.05) is 0 Å². The monoisotopic (exact) mass is 488 g/mol. The standard InChI is InChI=1S/C20H21FN8O4S/c1-12(9-17-22-10-13(21)11-23-17)34(30,31)28-20-27-26-19(14-7-8-24-25-14)29(20)18-15(32-2)5-4-6-16(18)33-3/h4-8,10-12H,9H2,1-3H3,(H,24,25)(H,27,28)/t12-/m0/s1. The van der Waals surface area contributed by atoms with Gasteiger partial charge in [0, 0.05) is 12.6 Å². The molecule has 0 bridgehead atoms. The number of nitrogens with one attached hydrogen (secondary N) is 2. The van der Waals surface area contributed by atoms with Crippen LogP contribution in [0.25, 0.3) is 17.2 Å². The van der Waals surface area contributed by atoms with Crippen LogP contribution in [0.15, 0.2) is 42.9 Å². The summed E-state index contributed by atoms with van der Waals surface area (Å²) >= 11 is 0. The second-order valence-corrected chi connectivity index (χ2v) is 9.23. The molecular formula is C20H21FN8O4S. The molecule has 0 spiro atoms. The Kier molecular flexibility index (Phi) is 6.40. The summed E-state index contributed by atoms with van der Waals surface area (Å²) in [6.45, 7) is 1.48. The molecule has 0 fully saturated rings. The van der Waals surface area contributed by atoms with Crippen molar-refractivity contribution in [2.45, 2.75) is 18.6 Å². The Labute approximate surface area is 194 Å². The molecule has 4 rings (SSSR count). The van der Waals surface area contributed by atoms with E-state index in [2.05, 4.69) is 35.1 Å². The van der Waals surface area contributed by atoms with Gasteiger partial charge in [-0.15, -0.1) is 10.2 Å². The lowest BCUT2D eigenvalue weighted by molar-refractivity contribution is 0.391. The summed E-state index contributed by atoms with van der Waals surface area (Å²) in [5.74, 6) is 0.503. The van der Waals surface area contributed by atoms with E-state index in [0.29, 0.717) is 22.9 Å². The Morgan fingerprint density at radius 1 is 1.12 bits per heavy atom. The molecule has 0 aliphatic carbocycles. The molecule has 12 nitrogen and oxygen atoms in total. The summed E-state index contributed by atoms with van der Waals surface area (Å²) in [5.41, 5.74) is 0.793. The molecule has 0 radical (unpaired) electrons. The Morgan fingerprint density at radius 2 is 1.79 bits per heavy atom. The minimum Gasteiger partial charge on any atom is -0.494 e. The molecule has 178 valence electrons. The molecule has 0 aliphatic heterocycles. The van der Waals surface area contributed by atoms with E-state index in [1.165, 1.54) is 25.7 Å². The molecule has 3 heterocycles. The van der Waals surface area contributed by atoms with E-state index in [9.17, 15) is 12.8 Å². The summed E-state index contributed by atoms with van der Waals surface area (Å²) in [5, 5.41) is 14.1. The minimum atomic E-state index is -4.00. The van der Waals surface area contributed by atoms with E-state index in [4.69, 9.17) is 9.47 Å². The lowest BCUT2D eigenvalue weighted by Gasteiger charge is -2.18. The molecule has 0 saturated heterocycles. The van der Waals surface area contributed by atoms with Crippen molar-refractivity contribution in [3.05, 3.63) is 54.5 Å². The van der Waals surface area contributed by atoms with Crippen LogP contribution in [0.2, 0.25) is 0 Å². The molecule has 0 saturated carbocycles. The Morgan fingerprint density at radius 3 is 2.38 bits per heavy atom. The van der Waals surface area contributed by atoms with E-state index in [0.717, 1.165) is 12.4 Å². The predicted molar refractivity (Wildman–Crippen MR) is 120 cm³/mol. The number of sulfonamides is 1. The lowest BCUT2D eigenvalue weighted by atomic mass is 10.2. The second-order valence-electron chi connectivity index (χ2n) is 7.13. The van der Waals surface area contributed by atoms with Crippen molar-refractivity contribution in [3.63, 3.8) is 0 Å². The number of hydrogen-bond acceptors (Lipinski definition) is 9. The maximum atomic E-state index is 13.2. The summed E-state index contributed by atoms with van der Waals surface area (Å²) in [6.07, 6.45) is 3.52. The van der Waals surface area contributed by atoms with Gasteiger partial charge in [0.05, 0.1) is 31.9 Å². The van der Waals surface area contributed by atoms with Gasteiger partial charge in [-0.05, 0) is 25.1 Å². The van der Waals surface area contributed by atoms with Gasteiger partial charge >= 0.3 is 0 Å². The number of hydrogen-bond donors (Lipinski definition) is 2. The highest BCUT2D eigenvalue weighted by Crippen LogP contribution is 2.37. The Hall–Kier alpha value is -4.07. The first-order valence-corrected chi connectivity index (χ1v) is 11.5. The number of H-pyrrole nitrogens is 1. The van der Waals surface area contributed by atoms with Crippen LogP contribution in [0.3, 0.4) is 0 Å². The first-order valence-electron chi connectivity index (χ1n) is 9.99. The molecular weight excluding hydrogens is 467 g/mol. The second kappa shape index (κ2) is 9.43. The quantitative estimate of drug-likeness (QED) is 0.360. The topological polar surface area (TPSA) is 150 Å². The summed E-state index contributed by atoms with van der Waals surface area (Å²) in [4.78, 5) is 7.66. The van der Waals surface area contributed by atoms with E-state index in [1.54, 1.807) is 30.5 Å². The number of nitrogens with zero attached hydrogens (tertiary/aromatic N) is 6. The van der Waals surface area contributed by atoms with Crippen LogP contribution in [-0.4, -0.2) is 62.8 Å². The smallest absolute Gasteiger partial charge is 0.243 e. The molecule has 0 aliphatic rings. The fraction of sp³-hybridized carbons (Fsp3) is 0.250. The number of ether oxygens (including phenoxy) is 2. The van der Waals surface area contributed by atoms with Crippen molar-refractivity contribution in [1.29, 1.82) is 0 Å². The van der Waals surface area contributed by atoms with E-state index in [-0.39, 0.29) is 24.0 Å². The van der Waals surface area contributed by atoms with Crippen LogP contribution in [0, 0.1) is 5.82 Å². The number of para-hydroxylation sites is 1. The Balaban J connectivity index is 1.77. The van der Waals surface area contributed by atoms with Crippen molar-refractivity contribution in [3.8, 4) is 28.7 Å². The summed E-state index contributed by atoms with van der Waals surface area (Å²) in [6, 6.07) is 6.78. The van der Waals surface area contributed by atoms with Crippen molar-refractivity contribution in [2.24, 2.45) is 0 Å². The molecule has 0 unspecified atom stereocenters. The van der Waals surface area contributed by atoms with Gasteiger partial charge in [-0.25, -0.2) is 22.8 Å². The number of halogens is 1. The molecule has 4 aromatic rings. The van der Waals surface area contributed by atoms with Crippen molar-refractivity contribution >= 4 is 16.0 Å². The average Bonchev–Trinajstić information content (AvgIpc) is 3.49. The third-order valence-electron chi connectivity index (χ3n) is 4.93. The zero-order valence-electron chi connectivity index (χ0n) is 18.4. The van der Waals surface area contributed by atoms with Gasteiger partial charge in [-0.2, -0.15) is 5.10 Å². The fourth-order valence-electron chi connectivity index (χ4n) is 3.20. The number of aromatic nitrogens is 7. The Bertz CT molecular complexity index is 1350. The SMILES string of the molecule is COc1cccc(OC)c1-n1c(NS(=O)(=O)[C@@H](C)Cc2ncc(F)cn2)nnc1-c1cc[nH]n1. The molecule has 1 atom stereocenters. The van der Waals surface area contributed by atoms with Crippen molar-refractivity contribution in [2.75, 3.05) is 18.9 Å². The number of rotatable bonds is 9. The van der Waals surface area contributed by atoms with E-state index < -0.39 is 21.1 Å². The van der Waals surface area contributed by atoms with Crippen LogP contribution in [0.5, 0.6) is 11.5 Å². The fourth-order valence-corrected chi connectivity index (χ4v) is 4.16. The van der Waals surface area contributed by atoms with Crippen molar-refractivity contribution in [1.82, 2.24) is 34.9 Å². The zero-order valence-corrected chi connectivity index (χ0v) is 19.2. The normalized spacial score (nSPS) is 12.4. The molecule has 0 amide bonds. The highest BCUT2D eigenvalue weighted by Gasteiger charge is 2.29. The van der Waals surface area contributed by atoms with Crippen molar-refractivity contribution < 1.29 is 22.3 Å². The molecule has 2 N–H and O–H groups in total. The molecule has 14 heteroatoms. The van der Waals surface area contributed by atoms with Gasteiger partial charge in [0.25, 0.3) is 0 Å². The maximum Gasteiger partial charge on any atom is 0.243 e. The van der Waals surface area contributed by atoms with Gasteiger partial charge in [0.1, 0.15) is 28.7 Å². The zero-order chi connectivity index (χ0) is 24.3. The molecule has 1 aromatic carbocycles. The average molecular weight is 489 g/mol. The van der Waals surface area contributed by atoms with Crippen LogP contribution >= 0.6 is 0 Å². The van der Waals surface area contributed by atoms with E-state index >= 15 is 0 Å². The van der Waals surface area contributed by atoms with Crippen LogP contribution in [-0.2, 0) is 16.4 Å². The number of aromatic amines is 1. The number of benzene rings is 1. The highest BCUT2D eigenvalue weighted by atomic mass is 32.2. The van der Waals surface area contributed by atoms with Gasteiger partial charge < -0.3 is 9.47 Å². The van der Waals surface area contributed by atoms with Gasteiger partial charge in [-0.1, -0.05) is 6.07 Å². The summed E-state index contributed by atoms with van der Waals surface area (Å²) in [7, 11) is -1.05. The molecule has 34 heavy (non-hydrogen) atoms. The van der Waals surface area contributed by atoms with Crippen LogP contribution in [0.4, 0.5) is 10.3 Å². The highest BCUT2D eigenvalue weighted by molar-refractivity contribution is 7.93. The minimum absolute atomic E-state index is 0.0477. The third kappa shape index (κ3) is 4.52. The maximum absolute atomic E-state index is 13.2. The first kappa shape index (κ1) is 23.1. The third-order valence-corrected chi connectivity index (χ3v) is 6.62. The van der Waals surface area contributed by atoms with Gasteiger partial charge in [0.15, 0.2) is 11.6 Å². The first-order chi connectivity index (χ1) is 16.3. The van der Waals surface area contributed by atoms with Crippen LogP contribution in [0.1, 0.15) is 12.7 Å². The number of anilines is 1. The lowest BCUT2D eigenvalue weighted by Crippen LogP contribution is -2.29.